The van der Waals surface area contributed by atoms with E-state index in [4.69, 9.17) is 4.74 Å². The highest BCUT2D eigenvalue weighted by molar-refractivity contribution is 9.10. The minimum atomic E-state index is -0.422. The first-order chi connectivity index (χ1) is 13.4. The van der Waals surface area contributed by atoms with Gasteiger partial charge in [0, 0.05) is 25.0 Å². The van der Waals surface area contributed by atoms with E-state index >= 15 is 0 Å². The van der Waals surface area contributed by atoms with Gasteiger partial charge in [-0.2, -0.15) is 0 Å². The van der Waals surface area contributed by atoms with Crippen LogP contribution in [0.3, 0.4) is 0 Å². The summed E-state index contributed by atoms with van der Waals surface area (Å²) >= 11 is 4.93. The van der Waals surface area contributed by atoms with Crippen molar-refractivity contribution in [2.75, 3.05) is 7.11 Å². The number of aromatic nitrogens is 5. The van der Waals surface area contributed by atoms with Gasteiger partial charge in [-0.05, 0) is 40.2 Å². The number of hydrogen-bond donors (Lipinski definition) is 0. The molecule has 1 aromatic carbocycles. The molecule has 0 bridgehead atoms. The molecule has 28 heavy (non-hydrogen) atoms. The Morgan fingerprint density at radius 1 is 1.11 bits per heavy atom. The van der Waals surface area contributed by atoms with Crippen molar-refractivity contribution in [3.63, 3.8) is 0 Å². The maximum absolute atomic E-state index is 12.4. The minimum absolute atomic E-state index is 0.238. The topological polar surface area (TPSA) is 83.9 Å². The molecular weight excluding hydrogens is 446 g/mol. The third-order valence-corrected chi connectivity index (χ3v) is 6.05. The minimum Gasteiger partial charge on any atom is -0.497 e. The third-order valence-electron chi connectivity index (χ3n) is 4.50. The highest BCUT2D eigenvalue weighted by Gasteiger charge is 2.18. The number of rotatable bonds is 4. The van der Waals surface area contributed by atoms with Crippen LogP contribution in [0.5, 0.6) is 5.75 Å². The van der Waals surface area contributed by atoms with E-state index in [1.165, 1.54) is 23.0 Å². The molecule has 144 valence electrons. The first-order valence-electron chi connectivity index (χ1n) is 8.31. The Morgan fingerprint density at radius 2 is 1.82 bits per heavy atom. The number of aryl methyl sites for hydroxylation is 1. The summed E-state index contributed by atoms with van der Waals surface area (Å²) in [5.74, 6) is 0.789. The quantitative estimate of drug-likeness (QED) is 0.435. The Labute approximate surface area is 171 Å². The van der Waals surface area contributed by atoms with Gasteiger partial charge in [0.1, 0.15) is 10.8 Å². The summed E-state index contributed by atoms with van der Waals surface area (Å²) in [7, 11) is 4.70. The fourth-order valence-electron chi connectivity index (χ4n) is 3.01. The summed E-state index contributed by atoms with van der Waals surface area (Å²) in [6.45, 7) is 0.379. The zero-order valence-electron chi connectivity index (χ0n) is 15.3. The molecule has 0 spiro atoms. The fraction of sp³-hybridized carbons (Fsp3) is 0.222. The predicted octanol–water partition coefficient (Wildman–Crippen LogP) is 2.38. The SMILES string of the molecule is COc1ccc(-c2nc(Cn3c(Br)nc4c(=O)n(C)c(=O)n(C)c43)cs2)cc1. The van der Waals surface area contributed by atoms with Crippen LogP contribution in [-0.4, -0.2) is 30.8 Å². The van der Waals surface area contributed by atoms with Crippen molar-refractivity contribution in [3.8, 4) is 16.3 Å². The van der Waals surface area contributed by atoms with Crippen LogP contribution in [0.25, 0.3) is 21.7 Å². The van der Waals surface area contributed by atoms with Crippen LogP contribution in [0.1, 0.15) is 5.69 Å². The lowest BCUT2D eigenvalue weighted by molar-refractivity contribution is 0.415. The highest BCUT2D eigenvalue weighted by atomic mass is 79.9. The van der Waals surface area contributed by atoms with Crippen molar-refractivity contribution >= 4 is 38.4 Å². The summed E-state index contributed by atoms with van der Waals surface area (Å²) in [5, 5.41) is 2.83. The van der Waals surface area contributed by atoms with Gasteiger partial charge in [0.05, 0.1) is 19.3 Å². The molecule has 0 aliphatic carbocycles. The van der Waals surface area contributed by atoms with E-state index in [-0.39, 0.29) is 5.52 Å². The lowest BCUT2D eigenvalue weighted by Crippen LogP contribution is -2.37. The van der Waals surface area contributed by atoms with E-state index in [1.807, 2.05) is 29.6 Å². The van der Waals surface area contributed by atoms with Crippen molar-refractivity contribution < 1.29 is 4.74 Å². The fourth-order valence-corrected chi connectivity index (χ4v) is 4.30. The van der Waals surface area contributed by atoms with Crippen LogP contribution in [0, 0.1) is 0 Å². The summed E-state index contributed by atoms with van der Waals surface area (Å²) < 4.78 is 9.90. The average Bonchev–Trinajstić information content (AvgIpc) is 3.30. The van der Waals surface area contributed by atoms with Gasteiger partial charge in [0.25, 0.3) is 5.56 Å². The van der Waals surface area contributed by atoms with Gasteiger partial charge in [0.15, 0.2) is 15.9 Å². The number of thiazole rings is 1. The highest BCUT2D eigenvalue weighted by Crippen LogP contribution is 2.27. The van der Waals surface area contributed by atoms with Crippen LogP contribution in [0.15, 0.2) is 44.0 Å². The molecule has 3 heterocycles. The largest absolute Gasteiger partial charge is 0.497 e. The first kappa shape index (κ1) is 18.6. The van der Waals surface area contributed by atoms with Gasteiger partial charge in [-0.15, -0.1) is 11.3 Å². The maximum atomic E-state index is 12.4. The molecule has 0 aliphatic rings. The summed E-state index contributed by atoms with van der Waals surface area (Å²) in [6, 6.07) is 7.69. The monoisotopic (exact) mass is 461 g/mol. The number of fused-ring (bicyclic) bond motifs is 1. The Balaban J connectivity index is 1.75. The van der Waals surface area contributed by atoms with Gasteiger partial charge in [-0.1, -0.05) is 0 Å². The second kappa shape index (κ2) is 7.02. The second-order valence-corrected chi connectivity index (χ2v) is 7.78. The van der Waals surface area contributed by atoms with E-state index in [2.05, 4.69) is 25.9 Å². The molecule has 0 atom stereocenters. The summed E-state index contributed by atoms with van der Waals surface area (Å²) in [6.07, 6.45) is 0. The van der Waals surface area contributed by atoms with E-state index in [0.29, 0.717) is 16.9 Å². The molecule has 8 nitrogen and oxygen atoms in total. The Hall–Kier alpha value is -2.72. The molecule has 0 N–H and O–H groups in total. The van der Waals surface area contributed by atoms with Crippen LogP contribution in [-0.2, 0) is 20.6 Å². The first-order valence-corrected chi connectivity index (χ1v) is 9.98. The van der Waals surface area contributed by atoms with Gasteiger partial charge in [-0.25, -0.2) is 14.8 Å². The number of halogens is 1. The third kappa shape index (κ3) is 2.98. The van der Waals surface area contributed by atoms with Gasteiger partial charge in [0.2, 0.25) is 0 Å². The summed E-state index contributed by atoms with van der Waals surface area (Å²) in [5.41, 5.74) is 1.68. The Bertz CT molecular complexity index is 1300. The lowest BCUT2D eigenvalue weighted by atomic mass is 10.2. The lowest BCUT2D eigenvalue weighted by Gasteiger charge is -2.08. The number of nitrogens with zero attached hydrogens (tertiary/aromatic N) is 5. The van der Waals surface area contributed by atoms with Gasteiger partial charge >= 0.3 is 5.69 Å². The molecule has 0 fully saturated rings. The number of imidazole rings is 1. The molecule has 0 amide bonds. The number of methoxy groups -OCH3 is 1. The number of hydrogen-bond acceptors (Lipinski definition) is 6. The molecule has 0 aliphatic heterocycles. The average molecular weight is 462 g/mol. The molecule has 0 saturated heterocycles. The molecule has 3 aromatic heterocycles. The molecule has 0 unspecified atom stereocenters. The maximum Gasteiger partial charge on any atom is 0.332 e. The van der Waals surface area contributed by atoms with Crippen LogP contribution >= 0.6 is 27.3 Å². The smallest absolute Gasteiger partial charge is 0.332 e. The standard InChI is InChI=1S/C18H16BrN5O3S/c1-22-15-13(16(25)23(2)18(22)26)21-17(19)24(15)8-11-9-28-14(20-11)10-4-6-12(27-3)7-5-10/h4-7,9H,8H2,1-3H3. The van der Waals surface area contributed by atoms with Crippen molar-refractivity contribution in [1.29, 1.82) is 0 Å². The predicted molar refractivity (Wildman–Crippen MR) is 111 cm³/mol. The van der Waals surface area contributed by atoms with Crippen molar-refractivity contribution in [3.05, 3.63) is 60.9 Å². The number of benzene rings is 1. The van der Waals surface area contributed by atoms with Gasteiger partial charge in [-0.3, -0.25) is 18.5 Å². The van der Waals surface area contributed by atoms with Crippen LogP contribution < -0.4 is 16.0 Å². The molecule has 10 heteroatoms. The van der Waals surface area contributed by atoms with Gasteiger partial charge < -0.3 is 4.74 Å². The van der Waals surface area contributed by atoms with Crippen molar-refractivity contribution in [2.45, 2.75) is 6.54 Å². The molecular formula is C18H16BrN5O3S. The zero-order valence-corrected chi connectivity index (χ0v) is 17.7. The van der Waals surface area contributed by atoms with Crippen LogP contribution in [0.2, 0.25) is 0 Å². The molecule has 0 radical (unpaired) electrons. The molecule has 4 rings (SSSR count). The second-order valence-electron chi connectivity index (χ2n) is 6.22. The Kier molecular flexibility index (Phi) is 4.68. The molecule has 4 aromatic rings. The normalized spacial score (nSPS) is 11.3. The van der Waals surface area contributed by atoms with E-state index in [9.17, 15) is 9.59 Å². The summed E-state index contributed by atoms with van der Waals surface area (Å²) in [4.78, 5) is 33.7. The number of ether oxygens (including phenoxy) is 1. The van der Waals surface area contributed by atoms with Crippen molar-refractivity contribution in [2.24, 2.45) is 14.1 Å². The van der Waals surface area contributed by atoms with Crippen LogP contribution in [0.4, 0.5) is 0 Å². The molecule has 0 saturated carbocycles. The van der Waals surface area contributed by atoms with Crippen molar-refractivity contribution in [1.82, 2.24) is 23.7 Å². The van der Waals surface area contributed by atoms with E-state index in [1.54, 1.807) is 18.7 Å². The van der Waals surface area contributed by atoms with E-state index in [0.717, 1.165) is 26.6 Å². The Morgan fingerprint density at radius 3 is 2.50 bits per heavy atom. The van der Waals surface area contributed by atoms with E-state index < -0.39 is 11.2 Å². The zero-order chi connectivity index (χ0) is 20.0.